The topological polar surface area (TPSA) is 12.0 Å². The molecule has 0 radical (unpaired) electrons. The van der Waals surface area contributed by atoms with E-state index in [1.54, 1.807) is 12.1 Å². The third kappa shape index (κ3) is 3.78. The molecule has 1 aliphatic carbocycles. The summed E-state index contributed by atoms with van der Waals surface area (Å²) in [4.78, 5) is 0. The second-order valence-electron chi connectivity index (χ2n) is 6.07. The second-order valence-corrected chi connectivity index (χ2v) is 6.07. The van der Waals surface area contributed by atoms with Crippen LogP contribution in [-0.4, -0.2) is 6.54 Å². The maximum atomic E-state index is 13.7. The molecule has 0 amide bonds. The van der Waals surface area contributed by atoms with Gasteiger partial charge in [0.2, 0.25) is 0 Å². The maximum Gasteiger partial charge on any atom is 0.163 e. The van der Waals surface area contributed by atoms with Crippen LogP contribution in [0.5, 0.6) is 0 Å². The first-order valence-electron chi connectivity index (χ1n) is 7.79. The molecule has 1 N–H and O–H groups in total. The normalized spacial score (nSPS) is 24.6. The van der Waals surface area contributed by atoms with E-state index in [4.69, 9.17) is 0 Å². The second kappa shape index (κ2) is 7.16. The minimum atomic E-state index is -0.764. The third-order valence-electron chi connectivity index (χ3n) is 4.70. The summed E-state index contributed by atoms with van der Waals surface area (Å²) in [5.74, 6) is 0.0861. The Labute approximate surface area is 120 Å². The fraction of sp³-hybridized carbons (Fsp3) is 0.647. The van der Waals surface area contributed by atoms with Crippen molar-refractivity contribution >= 4 is 0 Å². The zero-order valence-corrected chi connectivity index (χ0v) is 12.5. The minimum Gasteiger partial charge on any atom is -0.310 e. The van der Waals surface area contributed by atoms with Crippen LogP contribution in [0.3, 0.4) is 0 Å². The molecule has 1 saturated carbocycles. The Hall–Kier alpha value is -0.960. The van der Waals surface area contributed by atoms with Crippen molar-refractivity contribution < 1.29 is 8.78 Å². The molecule has 1 nitrogen and oxygen atoms in total. The summed E-state index contributed by atoms with van der Waals surface area (Å²) in [7, 11) is 0. The van der Waals surface area contributed by atoms with Crippen LogP contribution >= 0.6 is 0 Å². The summed E-state index contributed by atoms with van der Waals surface area (Å²) in [6.07, 6.45) is 6.41. The summed E-state index contributed by atoms with van der Waals surface area (Å²) in [6, 6.07) is 4.25. The SMILES string of the molecule is CCC1CCC(CNC(C)c2cccc(F)c2F)CC1. The van der Waals surface area contributed by atoms with E-state index in [1.165, 1.54) is 32.1 Å². The molecule has 112 valence electrons. The third-order valence-corrected chi connectivity index (χ3v) is 4.70. The van der Waals surface area contributed by atoms with Gasteiger partial charge < -0.3 is 5.32 Å². The van der Waals surface area contributed by atoms with Crippen molar-refractivity contribution in [3.8, 4) is 0 Å². The predicted octanol–water partition coefficient (Wildman–Crippen LogP) is 4.83. The summed E-state index contributed by atoms with van der Waals surface area (Å²) in [5, 5.41) is 3.36. The van der Waals surface area contributed by atoms with Crippen LogP contribution in [0.2, 0.25) is 0 Å². The molecule has 1 aromatic carbocycles. The van der Waals surface area contributed by atoms with E-state index >= 15 is 0 Å². The van der Waals surface area contributed by atoms with Crippen LogP contribution in [0.25, 0.3) is 0 Å². The van der Waals surface area contributed by atoms with E-state index in [0.717, 1.165) is 18.5 Å². The Morgan fingerprint density at radius 2 is 1.80 bits per heavy atom. The first-order valence-corrected chi connectivity index (χ1v) is 7.79. The molecule has 0 heterocycles. The first kappa shape index (κ1) is 15.4. The van der Waals surface area contributed by atoms with Gasteiger partial charge in [0.25, 0.3) is 0 Å². The smallest absolute Gasteiger partial charge is 0.163 e. The maximum absolute atomic E-state index is 13.7. The average Bonchev–Trinajstić information content (AvgIpc) is 2.48. The van der Waals surface area contributed by atoms with E-state index < -0.39 is 11.6 Å². The van der Waals surface area contributed by atoms with Gasteiger partial charge >= 0.3 is 0 Å². The molecular weight excluding hydrogens is 256 g/mol. The Bertz CT molecular complexity index is 425. The largest absolute Gasteiger partial charge is 0.310 e. The molecular formula is C17H25F2N. The quantitative estimate of drug-likeness (QED) is 0.815. The van der Waals surface area contributed by atoms with Crippen molar-refractivity contribution in [1.29, 1.82) is 0 Å². The number of nitrogens with one attached hydrogen (secondary N) is 1. The lowest BCUT2D eigenvalue weighted by atomic mass is 9.81. The van der Waals surface area contributed by atoms with Gasteiger partial charge in [-0.2, -0.15) is 0 Å². The zero-order chi connectivity index (χ0) is 14.5. The zero-order valence-electron chi connectivity index (χ0n) is 12.5. The number of hydrogen-bond acceptors (Lipinski definition) is 1. The fourth-order valence-electron chi connectivity index (χ4n) is 3.15. The molecule has 2 rings (SSSR count). The van der Waals surface area contributed by atoms with E-state index in [0.29, 0.717) is 11.5 Å². The summed E-state index contributed by atoms with van der Waals surface area (Å²) in [6.45, 7) is 5.06. The number of hydrogen-bond donors (Lipinski definition) is 1. The predicted molar refractivity (Wildman–Crippen MR) is 78.5 cm³/mol. The molecule has 1 aliphatic rings. The van der Waals surface area contributed by atoms with Gasteiger partial charge in [-0.1, -0.05) is 38.3 Å². The van der Waals surface area contributed by atoms with Crippen LogP contribution in [0.1, 0.15) is 57.6 Å². The van der Waals surface area contributed by atoms with Crippen molar-refractivity contribution in [2.24, 2.45) is 11.8 Å². The van der Waals surface area contributed by atoms with Crippen molar-refractivity contribution in [3.05, 3.63) is 35.4 Å². The molecule has 3 heteroatoms. The lowest BCUT2D eigenvalue weighted by molar-refractivity contribution is 0.257. The first-order chi connectivity index (χ1) is 9.61. The number of halogens is 2. The molecule has 1 atom stereocenters. The highest BCUT2D eigenvalue weighted by Gasteiger charge is 2.21. The van der Waals surface area contributed by atoms with Gasteiger partial charge in [0.15, 0.2) is 11.6 Å². The molecule has 0 aromatic heterocycles. The molecule has 1 fully saturated rings. The lowest BCUT2D eigenvalue weighted by Crippen LogP contribution is -2.29. The molecule has 0 bridgehead atoms. The van der Waals surface area contributed by atoms with E-state index in [-0.39, 0.29) is 6.04 Å². The number of rotatable bonds is 5. The molecule has 0 spiro atoms. The monoisotopic (exact) mass is 281 g/mol. The van der Waals surface area contributed by atoms with Gasteiger partial charge in [-0.05, 0) is 44.2 Å². The Balaban J connectivity index is 1.83. The van der Waals surface area contributed by atoms with E-state index in [1.807, 2.05) is 6.92 Å². The summed E-state index contributed by atoms with van der Waals surface area (Å²) < 4.78 is 26.9. The molecule has 1 aromatic rings. The highest BCUT2D eigenvalue weighted by molar-refractivity contribution is 5.21. The molecule has 0 saturated heterocycles. The molecule has 1 unspecified atom stereocenters. The van der Waals surface area contributed by atoms with Crippen molar-refractivity contribution in [2.75, 3.05) is 6.54 Å². The lowest BCUT2D eigenvalue weighted by Gasteiger charge is -2.29. The average molecular weight is 281 g/mol. The van der Waals surface area contributed by atoms with Gasteiger partial charge in [0.05, 0.1) is 0 Å². The van der Waals surface area contributed by atoms with Crippen molar-refractivity contribution in [1.82, 2.24) is 5.32 Å². The fourth-order valence-corrected chi connectivity index (χ4v) is 3.15. The van der Waals surface area contributed by atoms with Crippen LogP contribution in [0, 0.1) is 23.5 Å². The van der Waals surface area contributed by atoms with Crippen LogP contribution < -0.4 is 5.32 Å². The van der Waals surface area contributed by atoms with Crippen molar-refractivity contribution in [3.63, 3.8) is 0 Å². The Morgan fingerprint density at radius 1 is 1.15 bits per heavy atom. The van der Waals surface area contributed by atoms with Gasteiger partial charge in [-0.25, -0.2) is 8.78 Å². The van der Waals surface area contributed by atoms with Gasteiger partial charge in [-0.15, -0.1) is 0 Å². The Morgan fingerprint density at radius 3 is 2.45 bits per heavy atom. The van der Waals surface area contributed by atoms with Crippen molar-refractivity contribution in [2.45, 2.75) is 52.0 Å². The minimum absolute atomic E-state index is 0.144. The number of benzene rings is 1. The van der Waals surface area contributed by atoms with Crippen LogP contribution in [-0.2, 0) is 0 Å². The summed E-state index contributed by atoms with van der Waals surface area (Å²) in [5.41, 5.74) is 0.423. The van der Waals surface area contributed by atoms with E-state index in [9.17, 15) is 8.78 Å². The van der Waals surface area contributed by atoms with Crippen LogP contribution in [0.15, 0.2) is 18.2 Å². The van der Waals surface area contributed by atoms with Crippen LogP contribution in [0.4, 0.5) is 8.78 Å². The highest BCUT2D eigenvalue weighted by Crippen LogP contribution is 2.30. The Kier molecular flexibility index (Phi) is 5.53. The highest BCUT2D eigenvalue weighted by atomic mass is 19.2. The summed E-state index contributed by atoms with van der Waals surface area (Å²) >= 11 is 0. The van der Waals surface area contributed by atoms with Gasteiger partial charge in [0.1, 0.15) is 0 Å². The standard InChI is InChI=1S/C17H25F2N/c1-3-13-7-9-14(10-8-13)11-20-12(2)15-5-4-6-16(18)17(15)19/h4-6,12-14,20H,3,7-11H2,1-2H3. The van der Waals surface area contributed by atoms with E-state index in [2.05, 4.69) is 12.2 Å². The molecule has 20 heavy (non-hydrogen) atoms. The molecule has 0 aliphatic heterocycles. The van der Waals surface area contributed by atoms with Gasteiger partial charge in [-0.3, -0.25) is 0 Å². The van der Waals surface area contributed by atoms with Gasteiger partial charge in [0, 0.05) is 11.6 Å².